The summed E-state index contributed by atoms with van der Waals surface area (Å²) in [5.74, 6) is 0.798. The molecule has 21 heavy (non-hydrogen) atoms. The second-order valence-electron chi connectivity index (χ2n) is 7.46. The van der Waals surface area contributed by atoms with Crippen molar-refractivity contribution in [2.24, 2.45) is 11.3 Å². The lowest BCUT2D eigenvalue weighted by atomic mass is 9.67. The summed E-state index contributed by atoms with van der Waals surface area (Å²) >= 11 is 0. The monoisotopic (exact) mass is 291 g/mol. The summed E-state index contributed by atoms with van der Waals surface area (Å²) < 4.78 is 2.29. The maximum Gasteiger partial charge on any atom is 0.0678 e. The number of likely N-dealkylation sites (N-methyl/N-ethyl adjacent to an activating group) is 1. The van der Waals surface area contributed by atoms with E-state index >= 15 is 0 Å². The highest BCUT2D eigenvalue weighted by molar-refractivity contribution is 5.09. The first-order chi connectivity index (χ1) is 9.89. The van der Waals surface area contributed by atoms with E-state index in [4.69, 9.17) is 5.10 Å². The average Bonchev–Trinajstić information content (AvgIpc) is 2.78. The standard InChI is InChI=1S/C18H33N3/c1-7-18(5,6)15-9-10-16(19-8-2)17(12-15)21-14(4)11-13(3)20-21/h11,15-17,19H,7-10,12H2,1-6H3. The molecule has 0 spiro atoms. The van der Waals surface area contributed by atoms with E-state index in [-0.39, 0.29) is 0 Å². The molecule has 1 saturated carbocycles. The molecule has 0 bridgehead atoms. The predicted octanol–water partition coefficient (Wildman–Crippen LogP) is 4.26. The van der Waals surface area contributed by atoms with Crippen molar-refractivity contribution in [3.8, 4) is 0 Å². The van der Waals surface area contributed by atoms with Crippen molar-refractivity contribution in [2.75, 3.05) is 6.54 Å². The van der Waals surface area contributed by atoms with E-state index < -0.39 is 0 Å². The number of nitrogens with zero attached hydrogens (tertiary/aromatic N) is 2. The molecule has 3 heteroatoms. The van der Waals surface area contributed by atoms with Crippen LogP contribution in [0.4, 0.5) is 0 Å². The average molecular weight is 291 g/mol. The zero-order valence-electron chi connectivity index (χ0n) is 14.7. The number of hydrogen-bond acceptors (Lipinski definition) is 2. The van der Waals surface area contributed by atoms with Gasteiger partial charge in [-0.3, -0.25) is 4.68 Å². The zero-order valence-corrected chi connectivity index (χ0v) is 14.7. The Labute approximate surface area is 130 Å². The van der Waals surface area contributed by atoms with E-state index in [0.717, 1.165) is 18.2 Å². The zero-order chi connectivity index (χ0) is 15.6. The molecule has 3 atom stereocenters. The molecule has 120 valence electrons. The van der Waals surface area contributed by atoms with Crippen LogP contribution in [-0.2, 0) is 0 Å². The van der Waals surface area contributed by atoms with E-state index in [1.807, 2.05) is 0 Å². The van der Waals surface area contributed by atoms with Crippen molar-refractivity contribution < 1.29 is 0 Å². The molecule has 1 aromatic rings. The van der Waals surface area contributed by atoms with Gasteiger partial charge in [0.1, 0.15) is 0 Å². The first-order valence-electron chi connectivity index (χ1n) is 8.65. The lowest BCUT2D eigenvalue weighted by Crippen LogP contribution is -2.44. The summed E-state index contributed by atoms with van der Waals surface area (Å²) in [4.78, 5) is 0. The Kier molecular flexibility index (Phi) is 5.13. The molecule has 1 aromatic heterocycles. The van der Waals surface area contributed by atoms with E-state index in [2.05, 4.69) is 57.6 Å². The molecule has 0 radical (unpaired) electrons. The van der Waals surface area contributed by atoms with Gasteiger partial charge in [-0.05, 0) is 57.1 Å². The van der Waals surface area contributed by atoms with E-state index in [1.54, 1.807) is 0 Å². The Hall–Kier alpha value is -0.830. The van der Waals surface area contributed by atoms with Crippen LogP contribution < -0.4 is 5.32 Å². The van der Waals surface area contributed by atoms with Gasteiger partial charge in [0.2, 0.25) is 0 Å². The minimum absolute atomic E-state index is 0.436. The highest BCUT2D eigenvalue weighted by atomic mass is 15.3. The van der Waals surface area contributed by atoms with Crippen LogP contribution in [0.25, 0.3) is 0 Å². The maximum absolute atomic E-state index is 4.79. The van der Waals surface area contributed by atoms with E-state index in [9.17, 15) is 0 Å². The van der Waals surface area contributed by atoms with E-state index in [1.165, 1.54) is 31.4 Å². The first-order valence-corrected chi connectivity index (χ1v) is 8.65. The Morgan fingerprint density at radius 3 is 2.52 bits per heavy atom. The Morgan fingerprint density at radius 2 is 2.00 bits per heavy atom. The molecule has 3 nitrogen and oxygen atoms in total. The third-order valence-electron chi connectivity index (χ3n) is 5.66. The Morgan fingerprint density at radius 1 is 1.29 bits per heavy atom. The summed E-state index contributed by atoms with van der Waals surface area (Å²) in [7, 11) is 0. The summed E-state index contributed by atoms with van der Waals surface area (Å²) in [6.07, 6.45) is 5.12. The van der Waals surface area contributed by atoms with Crippen molar-refractivity contribution in [2.45, 2.75) is 79.3 Å². The molecule has 3 unspecified atom stereocenters. The predicted molar refractivity (Wildman–Crippen MR) is 89.6 cm³/mol. The number of hydrogen-bond donors (Lipinski definition) is 1. The number of aryl methyl sites for hydroxylation is 2. The molecule has 0 aromatic carbocycles. The van der Waals surface area contributed by atoms with Crippen LogP contribution in [0.3, 0.4) is 0 Å². The Bertz CT molecular complexity index is 461. The van der Waals surface area contributed by atoms with Gasteiger partial charge in [-0.2, -0.15) is 5.10 Å². The molecule has 1 fully saturated rings. The molecule has 1 heterocycles. The quantitative estimate of drug-likeness (QED) is 0.878. The number of nitrogens with one attached hydrogen (secondary N) is 1. The minimum Gasteiger partial charge on any atom is -0.312 e. The van der Waals surface area contributed by atoms with Crippen molar-refractivity contribution in [1.82, 2.24) is 15.1 Å². The lowest BCUT2D eigenvalue weighted by Gasteiger charge is -2.43. The number of rotatable bonds is 5. The molecule has 1 aliphatic carbocycles. The van der Waals surface area contributed by atoms with Crippen LogP contribution in [0.5, 0.6) is 0 Å². The molecular weight excluding hydrogens is 258 g/mol. The van der Waals surface area contributed by atoms with Gasteiger partial charge >= 0.3 is 0 Å². The number of aromatic nitrogens is 2. The molecule has 0 amide bonds. The van der Waals surface area contributed by atoms with Crippen LogP contribution in [0.2, 0.25) is 0 Å². The summed E-state index contributed by atoms with van der Waals surface area (Å²) in [5, 5.41) is 8.48. The fraction of sp³-hybridized carbons (Fsp3) is 0.833. The normalized spacial score (nSPS) is 27.0. The highest BCUT2D eigenvalue weighted by Crippen LogP contribution is 2.44. The SMILES string of the molecule is CCNC1CCC(C(C)(C)CC)CC1n1nc(C)cc1C. The van der Waals surface area contributed by atoms with Gasteiger partial charge in [0.05, 0.1) is 11.7 Å². The molecule has 0 aliphatic heterocycles. The van der Waals surface area contributed by atoms with Gasteiger partial charge in [-0.25, -0.2) is 0 Å². The van der Waals surface area contributed by atoms with Crippen molar-refractivity contribution >= 4 is 0 Å². The van der Waals surface area contributed by atoms with Crippen LogP contribution in [0.15, 0.2) is 6.07 Å². The smallest absolute Gasteiger partial charge is 0.0678 e. The van der Waals surface area contributed by atoms with Crippen LogP contribution in [0.1, 0.15) is 70.8 Å². The van der Waals surface area contributed by atoms with Crippen molar-refractivity contribution in [3.05, 3.63) is 17.5 Å². The van der Waals surface area contributed by atoms with Crippen molar-refractivity contribution in [3.63, 3.8) is 0 Å². The van der Waals surface area contributed by atoms with Gasteiger partial charge in [-0.1, -0.05) is 34.1 Å². The van der Waals surface area contributed by atoms with Crippen LogP contribution in [0, 0.1) is 25.2 Å². The first kappa shape index (κ1) is 16.5. The Balaban J connectivity index is 2.25. The summed E-state index contributed by atoms with van der Waals surface area (Å²) in [6.45, 7) is 14.7. The summed E-state index contributed by atoms with van der Waals surface area (Å²) in [6, 6.07) is 3.28. The third kappa shape index (κ3) is 3.50. The van der Waals surface area contributed by atoms with Crippen LogP contribution >= 0.6 is 0 Å². The van der Waals surface area contributed by atoms with Gasteiger partial charge < -0.3 is 5.32 Å². The van der Waals surface area contributed by atoms with E-state index in [0.29, 0.717) is 17.5 Å². The fourth-order valence-corrected chi connectivity index (χ4v) is 3.90. The second kappa shape index (κ2) is 6.51. The lowest BCUT2D eigenvalue weighted by molar-refractivity contribution is 0.0956. The molecular formula is C18H33N3. The largest absolute Gasteiger partial charge is 0.312 e. The topological polar surface area (TPSA) is 29.9 Å². The third-order valence-corrected chi connectivity index (χ3v) is 5.66. The fourth-order valence-electron chi connectivity index (χ4n) is 3.90. The van der Waals surface area contributed by atoms with Gasteiger partial charge in [-0.15, -0.1) is 0 Å². The van der Waals surface area contributed by atoms with Gasteiger partial charge in [0.25, 0.3) is 0 Å². The minimum atomic E-state index is 0.436. The maximum atomic E-state index is 4.79. The molecule has 1 aliphatic rings. The highest BCUT2D eigenvalue weighted by Gasteiger charge is 2.38. The molecule has 2 rings (SSSR count). The van der Waals surface area contributed by atoms with Gasteiger partial charge in [0, 0.05) is 11.7 Å². The molecule has 0 saturated heterocycles. The van der Waals surface area contributed by atoms with Gasteiger partial charge in [0.15, 0.2) is 0 Å². The summed E-state index contributed by atoms with van der Waals surface area (Å²) in [5.41, 5.74) is 2.88. The van der Waals surface area contributed by atoms with Crippen LogP contribution in [-0.4, -0.2) is 22.4 Å². The van der Waals surface area contributed by atoms with Crippen molar-refractivity contribution in [1.29, 1.82) is 0 Å². The molecule has 1 N–H and O–H groups in total. The second-order valence-corrected chi connectivity index (χ2v) is 7.46.